The lowest BCUT2D eigenvalue weighted by molar-refractivity contribution is 0.595. The number of halogens is 1. The predicted molar refractivity (Wildman–Crippen MR) is 71.3 cm³/mol. The van der Waals surface area contributed by atoms with Gasteiger partial charge in [0.2, 0.25) is 10.0 Å². The van der Waals surface area contributed by atoms with Crippen LogP contribution in [0.3, 0.4) is 0 Å². The van der Waals surface area contributed by atoms with Crippen molar-refractivity contribution in [3.05, 3.63) is 29.8 Å². The second kappa shape index (κ2) is 5.36. The average Bonchev–Trinajstić information content (AvgIpc) is 2.14. The third kappa shape index (κ3) is 5.51. The number of rotatable bonds is 5. The summed E-state index contributed by atoms with van der Waals surface area (Å²) in [5.74, 6) is 0. The van der Waals surface area contributed by atoms with E-state index in [1.54, 1.807) is 24.3 Å². The molecule has 5 nitrogen and oxygen atoms in total. The molecule has 17 heavy (non-hydrogen) atoms. The van der Waals surface area contributed by atoms with Gasteiger partial charge in [0.1, 0.15) is 0 Å². The summed E-state index contributed by atoms with van der Waals surface area (Å²) in [6, 6.07) is 6.65. The molecule has 0 amide bonds. The molecule has 0 heterocycles. The molecule has 0 unspecified atom stereocenters. The molecule has 1 aromatic rings. The van der Waals surface area contributed by atoms with Crippen molar-refractivity contribution < 1.29 is 16.8 Å². The minimum atomic E-state index is -3.86. The molecule has 0 fully saturated rings. The van der Waals surface area contributed by atoms with Crippen LogP contribution < -0.4 is 4.72 Å². The highest BCUT2D eigenvalue weighted by Crippen LogP contribution is 2.13. The van der Waals surface area contributed by atoms with Gasteiger partial charge in [0.25, 0.3) is 0 Å². The Kier molecular flexibility index (Phi) is 4.56. The van der Waals surface area contributed by atoms with Crippen LogP contribution in [0.2, 0.25) is 0 Å². The van der Waals surface area contributed by atoms with Gasteiger partial charge in [-0.3, -0.25) is 4.72 Å². The number of nitrogens with one attached hydrogen (secondary N) is 1. The number of hydrogen-bond donors (Lipinski definition) is 1. The van der Waals surface area contributed by atoms with E-state index in [1.807, 2.05) is 0 Å². The highest BCUT2D eigenvalue weighted by molar-refractivity contribution is 9.08. The summed E-state index contributed by atoms with van der Waals surface area (Å²) in [6.07, 6.45) is 0.875. The van der Waals surface area contributed by atoms with Crippen LogP contribution in [-0.2, 0) is 25.2 Å². The van der Waals surface area contributed by atoms with E-state index in [1.165, 1.54) is 0 Å². The first-order valence-corrected chi connectivity index (χ1v) is 9.38. The Hall–Kier alpha value is -0.600. The van der Waals surface area contributed by atoms with Gasteiger partial charge in [-0.2, -0.15) is 0 Å². The number of sulfone groups is 1. The molecule has 8 heteroatoms. The molecule has 1 aromatic carbocycles. The molecule has 0 bridgehead atoms. The van der Waals surface area contributed by atoms with E-state index in [2.05, 4.69) is 20.7 Å². The maximum Gasteiger partial charge on any atom is 0.247 e. The summed E-state index contributed by atoms with van der Waals surface area (Å²) in [6.45, 7) is 0. The van der Waals surface area contributed by atoms with E-state index < -0.39 is 24.9 Å². The Morgan fingerprint density at radius 3 is 2.06 bits per heavy atom. The van der Waals surface area contributed by atoms with Gasteiger partial charge in [-0.05, 0) is 17.7 Å². The van der Waals surface area contributed by atoms with Crippen molar-refractivity contribution in [1.82, 2.24) is 0 Å². The van der Waals surface area contributed by atoms with Gasteiger partial charge >= 0.3 is 0 Å². The monoisotopic (exact) mass is 341 g/mol. The zero-order valence-corrected chi connectivity index (χ0v) is 12.3. The molecule has 0 saturated heterocycles. The van der Waals surface area contributed by atoms with E-state index in [0.29, 0.717) is 11.0 Å². The second-order valence-electron chi connectivity index (χ2n) is 3.59. The Morgan fingerprint density at radius 2 is 1.65 bits per heavy atom. The first-order valence-electron chi connectivity index (χ1n) is 4.55. The Bertz CT molecular complexity index is 578. The van der Waals surface area contributed by atoms with Crippen LogP contribution in [0.4, 0.5) is 5.69 Å². The Morgan fingerprint density at radius 1 is 1.12 bits per heavy atom. The fourth-order valence-corrected chi connectivity index (χ4v) is 4.51. The summed E-state index contributed by atoms with van der Waals surface area (Å²) in [7, 11) is -7.43. The quantitative estimate of drug-likeness (QED) is 0.819. The standard InChI is InChI=1S/C9H12BrNO4S2/c1-16(12,13)7-17(14,15)11-9-4-2-8(6-10)3-5-9/h2-5,11H,6-7H2,1H3. The van der Waals surface area contributed by atoms with Crippen LogP contribution >= 0.6 is 15.9 Å². The third-order valence-corrected chi connectivity index (χ3v) is 5.90. The summed E-state index contributed by atoms with van der Waals surface area (Å²) in [5, 5.41) is -0.246. The third-order valence-electron chi connectivity index (χ3n) is 1.75. The molecular formula is C9H12BrNO4S2. The molecule has 0 spiro atoms. The number of alkyl halides is 1. The lowest BCUT2D eigenvalue weighted by Crippen LogP contribution is -2.22. The molecule has 0 aliphatic heterocycles. The van der Waals surface area contributed by atoms with Crippen LogP contribution in [0, 0.1) is 0 Å². The number of hydrogen-bond acceptors (Lipinski definition) is 4. The van der Waals surface area contributed by atoms with Crippen LogP contribution in [0.25, 0.3) is 0 Å². The molecule has 0 aliphatic rings. The Balaban J connectivity index is 2.83. The number of anilines is 1. The van der Waals surface area contributed by atoms with Crippen molar-refractivity contribution in [2.45, 2.75) is 5.33 Å². The fourth-order valence-electron chi connectivity index (χ4n) is 1.15. The molecule has 0 aromatic heterocycles. The average molecular weight is 342 g/mol. The van der Waals surface area contributed by atoms with Crippen molar-refractivity contribution in [3.8, 4) is 0 Å². The fraction of sp³-hybridized carbons (Fsp3) is 0.333. The molecule has 0 radical (unpaired) electrons. The van der Waals surface area contributed by atoms with Gasteiger partial charge in [-0.15, -0.1) is 0 Å². The predicted octanol–water partition coefficient (Wildman–Crippen LogP) is 1.33. The van der Waals surface area contributed by atoms with Crippen molar-refractivity contribution in [1.29, 1.82) is 0 Å². The van der Waals surface area contributed by atoms with Crippen molar-refractivity contribution in [2.24, 2.45) is 0 Å². The molecular weight excluding hydrogens is 330 g/mol. The summed E-state index contributed by atoms with van der Waals surface area (Å²) in [4.78, 5) is 0. The molecule has 0 aliphatic carbocycles. The van der Waals surface area contributed by atoms with Crippen LogP contribution in [0.15, 0.2) is 24.3 Å². The van der Waals surface area contributed by atoms with Gasteiger partial charge < -0.3 is 0 Å². The zero-order valence-electron chi connectivity index (χ0n) is 9.05. The second-order valence-corrected chi connectivity index (χ2v) is 8.38. The largest absolute Gasteiger partial charge is 0.283 e. The van der Waals surface area contributed by atoms with Crippen LogP contribution in [0.5, 0.6) is 0 Å². The smallest absolute Gasteiger partial charge is 0.247 e. The zero-order chi connectivity index (χ0) is 13.1. The first kappa shape index (κ1) is 14.5. The van der Waals surface area contributed by atoms with E-state index in [4.69, 9.17) is 0 Å². The summed E-state index contributed by atoms with van der Waals surface area (Å²) >= 11 is 3.27. The maximum atomic E-state index is 11.5. The molecule has 96 valence electrons. The lowest BCUT2D eigenvalue weighted by Gasteiger charge is -2.07. The number of sulfonamides is 1. The first-order chi connectivity index (χ1) is 7.72. The summed E-state index contributed by atoms with van der Waals surface area (Å²) < 4.78 is 47.0. The van der Waals surface area contributed by atoms with Crippen molar-refractivity contribution >= 4 is 41.5 Å². The SMILES string of the molecule is CS(=O)(=O)CS(=O)(=O)Nc1ccc(CBr)cc1. The van der Waals surface area contributed by atoms with E-state index in [-0.39, 0.29) is 0 Å². The van der Waals surface area contributed by atoms with E-state index in [9.17, 15) is 16.8 Å². The topological polar surface area (TPSA) is 80.3 Å². The van der Waals surface area contributed by atoms with E-state index in [0.717, 1.165) is 11.8 Å². The van der Waals surface area contributed by atoms with Crippen LogP contribution in [-0.4, -0.2) is 28.2 Å². The molecule has 0 atom stereocenters. The molecule has 1 N–H and O–H groups in total. The normalized spacial score (nSPS) is 12.4. The minimum absolute atomic E-state index is 0.346. The lowest BCUT2D eigenvalue weighted by atomic mass is 10.2. The molecule has 0 saturated carbocycles. The van der Waals surface area contributed by atoms with Crippen LogP contribution in [0.1, 0.15) is 5.56 Å². The van der Waals surface area contributed by atoms with Gasteiger partial charge in [0.15, 0.2) is 14.9 Å². The Labute approximate surface area is 109 Å². The van der Waals surface area contributed by atoms with Gasteiger partial charge in [-0.1, -0.05) is 28.1 Å². The molecule has 1 rings (SSSR count). The van der Waals surface area contributed by atoms with Crippen molar-refractivity contribution in [2.75, 3.05) is 16.1 Å². The van der Waals surface area contributed by atoms with Gasteiger partial charge in [0.05, 0.1) is 0 Å². The minimum Gasteiger partial charge on any atom is -0.283 e. The van der Waals surface area contributed by atoms with Gasteiger partial charge in [-0.25, -0.2) is 16.8 Å². The maximum absolute atomic E-state index is 11.5. The number of benzene rings is 1. The van der Waals surface area contributed by atoms with E-state index >= 15 is 0 Å². The highest BCUT2D eigenvalue weighted by Gasteiger charge is 2.17. The summed E-state index contributed by atoms with van der Waals surface area (Å²) in [5.41, 5.74) is 1.34. The van der Waals surface area contributed by atoms with Crippen molar-refractivity contribution in [3.63, 3.8) is 0 Å². The highest BCUT2D eigenvalue weighted by atomic mass is 79.9. The van der Waals surface area contributed by atoms with Gasteiger partial charge in [0, 0.05) is 17.3 Å².